The molecule has 3 aromatic rings. The molecule has 1 saturated heterocycles. The van der Waals surface area contributed by atoms with Crippen molar-refractivity contribution in [2.45, 2.75) is 6.54 Å². The van der Waals surface area contributed by atoms with Crippen LogP contribution in [0.1, 0.15) is 16.1 Å². The molecule has 156 valence electrons. The third kappa shape index (κ3) is 5.14. The number of ether oxygens (including phenoxy) is 1. The van der Waals surface area contributed by atoms with Crippen molar-refractivity contribution in [3.63, 3.8) is 0 Å². The predicted molar refractivity (Wildman–Crippen MR) is 119 cm³/mol. The van der Waals surface area contributed by atoms with Gasteiger partial charge in [-0.05, 0) is 29.8 Å². The molecule has 0 aliphatic carbocycles. The van der Waals surface area contributed by atoms with E-state index in [9.17, 15) is 4.79 Å². The van der Waals surface area contributed by atoms with Gasteiger partial charge in [0.25, 0.3) is 5.91 Å². The van der Waals surface area contributed by atoms with E-state index in [0.717, 1.165) is 55.9 Å². The molecule has 1 aliphatic rings. The highest BCUT2D eigenvalue weighted by Crippen LogP contribution is 2.19. The highest BCUT2D eigenvalue weighted by Gasteiger charge is 2.17. The number of carbonyl (C=O) groups is 1. The number of pyridine rings is 1. The molecule has 0 radical (unpaired) electrons. The van der Waals surface area contributed by atoms with Crippen molar-refractivity contribution in [1.29, 1.82) is 0 Å². The van der Waals surface area contributed by atoms with Crippen molar-refractivity contribution in [3.05, 3.63) is 71.9 Å². The van der Waals surface area contributed by atoms with E-state index in [-0.39, 0.29) is 5.91 Å². The Hall–Kier alpha value is -2.96. The lowest BCUT2D eigenvalue weighted by molar-refractivity contribution is 0.0929. The number of hydrogen-bond donors (Lipinski definition) is 1. The Bertz CT molecular complexity index is 985. The third-order valence-corrected chi connectivity index (χ3v) is 5.56. The second-order valence-electron chi connectivity index (χ2n) is 7.61. The van der Waals surface area contributed by atoms with Gasteiger partial charge in [0.2, 0.25) is 0 Å². The van der Waals surface area contributed by atoms with E-state index >= 15 is 0 Å². The summed E-state index contributed by atoms with van der Waals surface area (Å²) in [5.41, 5.74) is 2.60. The fraction of sp³-hybridized carbons (Fsp3) is 0.333. The third-order valence-electron chi connectivity index (χ3n) is 5.56. The Morgan fingerprint density at radius 2 is 1.77 bits per heavy atom. The fourth-order valence-electron chi connectivity index (χ4n) is 3.79. The van der Waals surface area contributed by atoms with E-state index < -0.39 is 0 Å². The highest BCUT2D eigenvalue weighted by atomic mass is 16.5. The number of rotatable bonds is 7. The maximum absolute atomic E-state index is 12.5. The fourth-order valence-corrected chi connectivity index (χ4v) is 3.79. The summed E-state index contributed by atoms with van der Waals surface area (Å²) in [6.45, 7) is 6.65. The molecular weight excluding hydrogens is 376 g/mol. The van der Waals surface area contributed by atoms with Gasteiger partial charge in [-0.1, -0.05) is 36.4 Å². The van der Waals surface area contributed by atoms with Gasteiger partial charge in [-0.25, -0.2) is 4.98 Å². The van der Waals surface area contributed by atoms with Gasteiger partial charge in [-0.3, -0.25) is 14.6 Å². The number of benzene rings is 2. The molecule has 0 unspecified atom stereocenters. The van der Waals surface area contributed by atoms with E-state index in [1.807, 2.05) is 24.3 Å². The molecule has 1 aromatic heterocycles. The van der Waals surface area contributed by atoms with E-state index in [1.165, 1.54) is 5.56 Å². The maximum Gasteiger partial charge on any atom is 0.269 e. The minimum absolute atomic E-state index is 0.129. The van der Waals surface area contributed by atoms with Crippen molar-refractivity contribution in [1.82, 2.24) is 20.1 Å². The molecule has 0 atom stereocenters. The lowest BCUT2D eigenvalue weighted by Gasteiger charge is -2.34. The van der Waals surface area contributed by atoms with Gasteiger partial charge in [-0.2, -0.15) is 0 Å². The number of nitrogens with zero attached hydrogens (tertiary/aromatic N) is 3. The van der Waals surface area contributed by atoms with Crippen molar-refractivity contribution in [2.24, 2.45) is 0 Å². The quantitative estimate of drug-likeness (QED) is 0.656. The SMILES string of the molecule is COc1ccc2nc(C(=O)NCCN3CCN(Cc4ccccc4)CC3)ccc2c1. The normalized spacial score (nSPS) is 15.2. The summed E-state index contributed by atoms with van der Waals surface area (Å²) in [7, 11) is 1.64. The first-order chi connectivity index (χ1) is 14.7. The van der Waals surface area contributed by atoms with Crippen LogP contribution in [0.15, 0.2) is 60.7 Å². The Morgan fingerprint density at radius 1 is 1.00 bits per heavy atom. The predicted octanol–water partition coefficient (Wildman–Crippen LogP) is 2.79. The van der Waals surface area contributed by atoms with Crippen LogP contribution in [0.3, 0.4) is 0 Å². The number of fused-ring (bicyclic) bond motifs is 1. The number of nitrogens with one attached hydrogen (secondary N) is 1. The van der Waals surface area contributed by atoms with Crippen LogP contribution in [0.2, 0.25) is 0 Å². The molecule has 0 bridgehead atoms. The molecule has 2 heterocycles. The number of amides is 1. The maximum atomic E-state index is 12.5. The van der Waals surface area contributed by atoms with Crippen molar-refractivity contribution in [3.8, 4) is 5.75 Å². The topological polar surface area (TPSA) is 57.7 Å². The van der Waals surface area contributed by atoms with Crippen LogP contribution in [0, 0.1) is 0 Å². The summed E-state index contributed by atoms with van der Waals surface area (Å²) < 4.78 is 5.23. The van der Waals surface area contributed by atoms with Gasteiger partial charge in [0, 0.05) is 51.2 Å². The van der Waals surface area contributed by atoms with E-state index in [4.69, 9.17) is 4.74 Å². The summed E-state index contributed by atoms with van der Waals surface area (Å²) in [4.78, 5) is 21.9. The Balaban J connectivity index is 1.22. The molecule has 30 heavy (non-hydrogen) atoms. The average Bonchev–Trinajstić information content (AvgIpc) is 2.80. The molecule has 1 amide bonds. The Kier molecular flexibility index (Phi) is 6.57. The monoisotopic (exact) mass is 404 g/mol. The first-order valence-corrected chi connectivity index (χ1v) is 10.4. The lowest BCUT2D eigenvalue weighted by Crippen LogP contribution is -2.48. The van der Waals surface area contributed by atoms with E-state index in [2.05, 4.69) is 50.4 Å². The molecule has 1 fully saturated rings. The molecule has 4 rings (SSSR count). The first kappa shape index (κ1) is 20.3. The number of piperazine rings is 1. The Labute approximate surface area is 177 Å². The second kappa shape index (κ2) is 9.69. The van der Waals surface area contributed by atoms with Crippen LogP contribution in [-0.4, -0.2) is 67.1 Å². The van der Waals surface area contributed by atoms with Crippen LogP contribution >= 0.6 is 0 Å². The number of methoxy groups -OCH3 is 1. The summed E-state index contributed by atoms with van der Waals surface area (Å²) in [5, 5.41) is 3.96. The van der Waals surface area contributed by atoms with Crippen LogP contribution in [-0.2, 0) is 6.54 Å². The summed E-state index contributed by atoms with van der Waals surface area (Å²) in [5.74, 6) is 0.654. The summed E-state index contributed by atoms with van der Waals surface area (Å²) >= 11 is 0. The highest BCUT2D eigenvalue weighted by molar-refractivity contribution is 5.95. The number of hydrogen-bond acceptors (Lipinski definition) is 5. The zero-order valence-electron chi connectivity index (χ0n) is 17.4. The van der Waals surface area contributed by atoms with E-state index in [0.29, 0.717) is 12.2 Å². The molecular formula is C24H28N4O2. The Morgan fingerprint density at radius 3 is 2.53 bits per heavy atom. The van der Waals surface area contributed by atoms with Crippen LogP contribution in [0.25, 0.3) is 10.9 Å². The van der Waals surface area contributed by atoms with Crippen molar-refractivity contribution in [2.75, 3.05) is 46.4 Å². The summed E-state index contributed by atoms with van der Waals surface area (Å²) in [6, 6.07) is 19.9. The first-order valence-electron chi connectivity index (χ1n) is 10.4. The van der Waals surface area contributed by atoms with Crippen LogP contribution in [0.5, 0.6) is 5.75 Å². The van der Waals surface area contributed by atoms with Gasteiger partial charge < -0.3 is 10.1 Å². The molecule has 0 saturated carbocycles. The molecule has 1 aliphatic heterocycles. The van der Waals surface area contributed by atoms with Crippen LogP contribution in [0.4, 0.5) is 0 Å². The molecule has 1 N–H and O–H groups in total. The zero-order chi connectivity index (χ0) is 20.8. The number of aromatic nitrogens is 1. The molecule has 2 aromatic carbocycles. The van der Waals surface area contributed by atoms with Crippen molar-refractivity contribution >= 4 is 16.8 Å². The van der Waals surface area contributed by atoms with Gasteiger partial charge in [-0.15, -0.1) is 0 Å². The van der Waals surface area contributed by atoms with Crippen LogP contribution < -0.4 is 10.1 Å². The smallest absolute Gasteiger partial charge is 0.269 e. The number of carbonyl (C=O) groups excluding carboxylic acids is 1. The molecule has 6 nitrogen and oxygen atoms in total. The van der Waals surface area contributed by atoms with Gasteiger partial charge in [0.05, 0.1) is 12.6 Å². The minimum Gasteiger partial charge on any atom is -0.497 e. The van der Waals surface area contributed by atoms with Crippen molar-refractivity contribution < 1.29 is 9.53 Å². The summed E-state index contributed by atoms with van der Waals surface area (Å²) in [6.07, 6.45) is 0. The zero-order valence-corrected chi connectivity index (χ0v) is 17.4. The van der Waals surface area contributed by atoms with Gasteiger partial charge in [0.1, 0.15) is 11.4 Å². The van der Waals surface area contributed by atoms with E-state index in [1.54, 1.807) is 13.2 Å². The largest absolute Gasteiger partial charge is 0.497 e. The average molecular weight is 405 g/mol. The van der Waals surface area contributed by atoms with Gasteiger partial charge >= 0.3 is 0 Å². The van der Waals surface area contributed by atoms with Gasteiger partial charge in [0.15, 0.2) is 0 Å². The minimum atomic E-state index is -0.129. The molecule has 0 spiro atoms. The lowest BCUT2D eigenvalue weighted by atomic mass is 10.2. The standard InChI is InChI=1S/C24H28N4O2/c1-30-21-8-10-22-20(17-21)7-9-23(26-22)24(29)25-11-12-27-13-15-28(16-14-27)18-19-5-3-2-4-6-19/h2-10,17H,11-16,18H2,1H3,(H,25,29). The molecule has 6 heteroatoms. The second-order valence-corrected chi connectivity index (χ2v) is 7.61.